The molecule has 2 aromatic heterocycles. The Balaban J connectivity index is 1.45. The summed E-state index contributed by atoms with van der Waals surface area (Å²) < 4.78 is 7.38. The maximum atomic E-state index is 13.4. The number of thioether (sulfide) groups is 1. The van der Waals surface area contributed by atoms with Gasteiger partial charge in [-0.15, -0.1) is 11.8 Å². The van der Waals surface area contributed by atoms with Crippen LogP contribution in [0.2, 0.25) is 0 Å². The third kappa shape index (κ3) is 3.02. The van der Waals surface area contributed by atoms with Gasteiger partial charge in [0.2, 0.25) is 5.95 Å². The monoisotopic (exact) mass is 404 g/mol. The van der Waals surface area contributed by atoms with Gasteiger partial charge in [-0.25, -0.2) is 4.98 Å². The number of rotatable bonds is 4. The second kappa shape index (κ2) is 7.08. The highest BCUT2D eigenvalue weighted by molar-refractivity contribution is 7.98. The fourth-order valence-electron chi connectivity index (χ4n) is 3.75. The average Bonchev–Trinajstić information content (AvgIpc) is 3.40. The number of hydrogen-bond donors (Lipinski definition) is 0. The number of anilines is 1. The van der Waals surface area contributed by atoms with Crippen molar-refractivity contribution in [1.82, 2.24) is 14.7 Å². The molecule has 7 heteroatoms. The third-order valence-corrected chi connectivity index (χ3v) is 6.44. The molecule has 2 aromatic carbocycles. The fourth-order valence-corrected chi connectivity index (χ4v) is 4.95. The van der Waals surface area contributed by atoms with E-state index >= 15 is 0 Å². The lowest BCUT2D eigenvalue weighted by molar-refractivity contribution is 0.0986. The smallest absolute Gasteiger partial charge is 0.261 e. The summed E-state index contributed by atoms with van der Waals surface area (Å²) in [6, 6.07) is 15.8. The Morgan fingerprint density at radius 3 is 2.72 bits per heavy atom. The van der Waals surface area contributed by atoms with Gasteiger partial charge in [-0.2, -0.15) is 0 Å². The Morgan fingerprint density at radius 1 is 1.10 bits per heavy atom. The Labute approximate surface area is 172 Å². The van der Waals surface area contributed by atoms with Crippen LogP contribution in [0.3, 0.4) is 0 Å². The quantitative estimate of drug-likeness (QED) is 0.465. The SMILES string of the molecule is Cc1noc(C)c1CSc1ccccc1C(=O)N1CCn2c1nc1ccccc12. The van der Waals surface area contributed by atoms with Crippen LogP contribution in [0.1, 0.15) is 27.4 Å². The number of benzene rings is 2. The van der Waals surface area contributed by atoms with Crippen molar-refractivity contribution in [1.29, 1.82) is 0 Å². The van der Waals surface area contributed by atoms with Crippen molar-refractivity contribution in [3.63, 3.8) is 0 Å². The molecule has 29 heavy (non-hydrogen) atoms. The molecule has 1 aliphatic heterocycles. The molecule has 0 bridgehead atoms. The number of imidazole rings is 1. The number of carbonyl (C=O) groups excluding carboxylic acids is 1. The van der Waals surface area contributed by atoms with Gasteiger partial charge < -0.3 is 9.09 Å². The van der Waals surface area contributed by atoms with Crippen LogP contribution in [0, 0.1) is 13.8 Å². The molecule has 0 fully saturated rings. The van der Waals surface area contributed by atoms with Gasteiger partial charge in [-0.1, -0.05) is 29.4 Å². The Bertz CT molecular complexity index is 1210. The van der Waals surface area contributed by atoms with Crippen LogP contribution in [0.15, 0.2) is 57.9 Å². The van der Waals surface area contributed by atoms with E-state index in [0.717, 1.165) is 45.4 Å². The third-order valence-electron chi connectivity index (χ3n) is 5.34. The molecule has 0 saturated heterocycles. The minimum Gasteiger partial charge on any atom is -0.361 e. The number of para-hydroxylation sites is 2. The van der Waals surface area contributed by atoms with Gasteiger partial charge in [0.1, 0.15) is 5.76 Å². The average molecular weight is 404 g/mol. The van der Waals surface area contributed by atoms with Crippen molar-refractivity contribution >= 4 is 34.7 Å². The molecule has 0 radical (unpaired) electrons. The number of amides is 1. The van der Waals surface area contributed by atoms with Crippen LogP contribution in [0.5, 0.6) is 0 Å². The van der Waals surface area contributed by atoms with E-state index in [1.807, 2.05) is 62.4 Å². The molecule has 1 aliphatic rings. The highest BCUT2D eigenvalue weighted by atomic mass is 32.2. The summed E-state index contributed by atoms with van der Waals surface area (Å²) in [7, 11) is 0. The molecule has 0 saturated carbocycles. The van der Waals surface area contributed by atoms with Crippen LogP contribution >= 0.6 is 11.8 Å². The zero-order valence-electron chi connectivity index (χ0n) is 16.3. The topological polar surface area (TPSA) is 64.2 Å². The fraction of sp³-hybridized carbons (Fsp3) is 0.227. The van der Waals surface area contributed by atoms with E-state index in [1.54, 1.807) is 16.7 Å². The van der Waals surface area contributed by atoms with E-state index in [0.29, 0.717) is 17.9 Å². The van der Waals surface area contributed by atoms with Crippen LogP contribution in [0.25, 0.3) is 11.0 Å². The zero-order valence-corrected chi connectivity index (χ0v) is 17.1. The number of fused-ring (bicyclic) bond motifs is 3. The summed E-state index contributed by atoms with van der Waals surface area (Å²) in [5.41, 5.74) is 4.66. The number of carbonyl (C=O) groups is 1. The summed E-state index contributed by atoms with van der Waals surface area (Å²) in [5, 5.41) is 4.02. The number of nitrogens with zero attached hydrogens (tertiary/aromatic N) is 4. The molecule has 0 spiro atoms. The van der Waals surface area contributed by atoms with Gasteiger partial charge in [0.15, 0.2) is 0 Å². The number of hydrogen-bond acceptors (Lipinski definition) is 5. The molecule has 6 nitrogen and oxygen atoms in total. The van der Waals surface area contributed by atoms with Crippen molar-refractivity contribution in [2.75, 3.05) is 11.4 Å². The summed E-state index contributed by atoms with van der Waals surface area (Å²) >= 11 is 1.63. The minimum absolute atomic E-state index is 0.0130. The standard InChI is InChI=1S/C22H20N4O2S/c1-14-17(15(2)28-24-14)13-29-20-10-6-3-7-16(20)21(27)26-12-11-25-19-9-5-4-8-18(19)23-22(25)26/h3-10H,11-13H2,1-2H3. The van der Waals surface area contributed by atoms with Gasteiger partial charge in [0.05, 0.1) is 22.3 Å². The summed E-state index contributed by atoms with van der Waals surface area (Å²) in [4.78, 5) is 20.9. The molecule has 4 aromatic rings. The summed E-state index contributed by atoms with van der Waals surface area (Å²) in [5.74, 6) is 2.25. The van der Waals surface area contributed by atoms with Gasteiger partial charge in [-0.3, -0.25) is 9.69 Å². The summed E-state index contributed by atoms with van der Waals surface area (Å²) in [6.07, 6.45) is 0. The molecular formula is C22H20N4O2S. The minimum atomic E-state index is -0.0130. The largest absolute Gasteiger partial charge is 0.361 e. The molecule has 0 unspecified atom stereocenters. The van der Waals surface area contributed by atoms with E-state index in [4.69, 9.17) is 9.51 Å². The molecule has 3 heterocycles. The first-order valence-corrected chi connectivity index (χ1v) is 10.5. The predicted octanol–water partition coefficient (Wildman–Crippen LogP) is 4.59. The van der Waals surface area contributed by atoms with E-state index in [9.17, 15) is 4.79 Å². The van der Waals surface area contributed by atoms with Gasteiger partial charge in [0.25, 0.3) is 5.91 Å². The first kappa shape index (κ1) is 18.0. The van der Waals surface area contributed by atoms with E-state index in [1.165, 1.54) is 0 Å². The van der Waals surface area contributed by atoms with Crippen molar-refractivity contribution in [3.05, 3.63) is 71.1 Å². The predicted molar refractivity (Wildman–Crippen MR) is 113 cm³/mol. The van der Waals surface area contributed by atoms with Gasteiger partial charge >= 0.3 is 0 Å². The number of aryl methyl sites for hydroxylation is 2. The van der Waals surface area contributed by atoms with Gasteiger partial charge in [0, 0.05) is 29.3 Å². The van der Waals surface area contributed by atoms with Crippen LogP contribution in [-0.4, -0.2) is 27.2 Å². The van der Waals surface area contributed by atoms with Crippen molar-refractivity contribution in [2.45, 2.75) is 31.0 Å². The molecule has 0 atom stereocenters. The molecule has 0 aliphatic carbocycles. The second-order valence-corrected chi connectivity index (χ2v) is 8.11. The van der Waals surface area contributed by atoms with E-state index < -0.39 is 0 Å². The maximum Gasteiger partial charge on any atom is 0.261 e. The maximum absolute atomic E-state index is 13.4. The first-order valence-electron chi connectivity index (χ1n) is 9.54. The Morgan fingerprint density at radius 2 is 1.90 bits per heavy atom. The van der Waals surface area contributed by atoms with Crippen molar-refractivity contribution < 1.29 is 9.32 Å². The Hall–Kier alpha value is -3.06. The highest BCUT2D eigenvalue weighted by Gasteiger charge is 2.30. The van der Waals surface area contributed by atoms with E-state index in [-0.39, 0.29) is 5.91 Å². The number of aromatic nitrogens is 3. The van der Waals surface area contributed by atoms with Crippen LogP contribution < -0.4 is 4.90 Å². The second-order valence-electron chi connectivity index (χ2n) is 7.10. The van der Waals surface area contributed by atoms with E-state index in [2.05, 4.69) is 9.72 Å². The molecule has 1 amide bonds. The highest BCUT2D eigenvalue weighted by Crippen LogP contribution is 2.32. The van der Waals surface area contributed by atoms with Gasteiger partial charge in [-0.05, 0) is 38.1 Å². The first-order chi connectivity index (χ1) is 14.1. The molecule has 0 N–H and O–H groups in total. The lowest BCUT2D eigenvalue weighted by Gasteiger charge is -2.16. The van der Waals surface area contributed by atoms with Crippen molar-refractivity contribution in [3.8, 4) is 0 Å². The van der Waals surface area contributed by atoms with Crippen LogP contribution in [-0.2, 0) is 12.3 Å². The molecule has 146 valence electrons. The normalized spacial score (nSPS) is 13.2. The zero-order chi connectivity index (χ0) is 20.0. The lowest BCUT2D eigenvalue weighted by Crippen LogP contribution is -2.29. The Kier molecular flexibility index (Phi) is 4.39. The van der Waals surface area contributed by atoms with Crippen molar-refractivity contribution in [2.24, 2.45) is 0 Å². The molecular weight excluding hydrogens is 384 g/mol. The molecule has 5 rings (SSSR count). The van der Waals surface area contributed by atoms with Crippen LogP contribution in [0.4, 0.5) is 5.95 Å². The lowest BCUT2D eigenvalue weighted by atomic mass is 10.2. The summed E-state index contributed by atoms with van der Waals surface area (Å²) in [6.45, 7) is 5.25.